The van der Waals surface area contributed by atoms with Crippen LogP contribution in [0.1, 0.15) is 43.4 Å². The van der Waals surface area contributed by atoms with Crippen molar-refractivity contribution >= 4 is 11.9 Å². The van der Waals surface area contributed by atoms with Crippen molar-refractivity contribution in [2.45, 2.75) is 38.6 Å². The maximum Gasteiger partial charge on any atom is 0.226 e. The van der Waals surface area contributed by atoms with Crippen molar-refractivity contribution in [1.29, 1.82) is 0 Å². The van der Waals surface area contributed by atoms with E-state index in [-0.39, 0.29) is 17.9 Å². The number of hydrogen-bond acceptors (Lipinski definition) is 7. The van der Waals surface area contributed by atoms with E-state index in [9.17, 15) is 4.79 Å². The van der Waals surface area contributed by atoms with Crippen molar-refractivity contribution in [3.8, 4) is 0 Å². The molecule has 0 aliphatic carbocycles. The first-order valence-corrected chi connectivity index (χ1v) is 8.85. The Morgan fingerprint density at radius 1 is 1.16 bits per heavy atom. The molecule has 0 N–H and O–H groups in total. The highest BCUT2D eigenvalue weighted by Crippen LogP contribution is 2.33. The zero-order valence-corrected chi connectivity index (χ0v) is 14.3. The molecule has 25 heavy (non-hydrogen) atoms. The highest BCUT2D eigenvalue weighted by molar-refractivity contribution is 5.79. The third kappa shape index (κ3) is 3.20. The lowest BCUT2D eigenvalue weighted by molar-refractivity contribution is -0.137. The van der Waals surface area contributed by atoms with Gasteiger partial charge in [0.25, 0.3) is 0 Å². The Morgan fingerprint density at radius 3 is 2.60 bits per heavy atom. The Balaban J connectivity index is 1.40. The summed E-state index contributed by atoms with van der Waals surface area (Å²) in [7, 11) is 0. The summed E-state index contributed by atoms with van der Waals surface area (Å²) < 4.78 is 5.09. The molecule has 1 atom stereocenters. The molecule has 0 aromatic carbocycles. The number of aryl methyl sites for hydroxylation is 1. The van der Waals surface area contributed by atoms with Crippen LogP contribution in [0.15, 0.2) is 23.0 Å². The molecule has 2 aliphatic rings. The van der Waals surface area contributed by atoms with E-state index in [2.05, 4.69) is 25.0 Å². The molecule has 8 nitrogen and oxygen atoms in total. The normalized spacial score (nSPS) is 21.7. The minimum absolute atomic E-state index is 0.0413. The average Bonchev–Trinajstić information content (AvgIpc) is 3.31. The maximum atomic E-state index is 13.0. The van der Waals surface area contributed by atoms with Crippen LogP contribution in [0.2, 0.25) is 0 Å². The number of anilines is 1. The standard InChI is InChI=1S/C17H22N6O2/c1-12-20-15(21-25-12)14-4-2-9-23(14)16(24)13-5-10-22(11-6-13)17-18-7-3-8-19-17/h3,7-8,13-14H,2,4-6,9-11H2,1H3/t14-/m1/s1. The number of likely N-dealkylation sites (tertiary alicyclic amines) is 1. The van der Waals surface area contributed by atoms with Crippen LogP contribution in [-0.4, -0.2) is 50.5 Å². The molecule has 0 bridgehead atoms. The number of carbonyl (C=O) groups is 1. The fourth-order valence-corrected chi connectivity index (χ4v) is 3.76. The van der Waals surface area contributed by atoms with Crippen molar-refractivity contribution in [3.63, 3.8) is 0 Å². The van der Waals surface area contributed by atoms with Gasteiger partial charge in [-0.1, -0.05) is 5.16 Å². The van der Waals surface area contributed by atoms with Crippen molar-refractivity contribution in [2.75, 3.05) is 24.5 Å². The molecule has 2 aliphatic heterocycles. The second kappa shape index (κ2) is 6.78. The highest BCUT2D eigenvalue weighted by Gasteiger charge is 2.37. The van der Waals surface area contributed by atoms with E-state index in [0.717, 1.165) is 51.3 Å². The molecule has 0 radical (unpaired) electrons. The molecule has 4 rings (SSSR count). The third-order valence-electron chi connectivity index (χ3n) is 5.06. The van der Waals surface area contributed by atoms with E-state index in [1.54, 1.807) is 19.3 Å². The van der Waals surface area contributed by atoms with Crippen LogP contribution in [-0.2, 0) is 4.79 Å². The van der Waals surface area contributed by atoms with Gasteiger partial charge in [0, 0.05) is 44.9 Å². The summed E-state index contributed by atoms with van der Waals surface area (Å²) in [4.78, 5) is 30.0. The molecule has 0 unspecified atom stereocenters. The Hall–Kier alpha value is -2.51. The van der Waals surface area contributed by atoms with Crippen LogP contribution in [0.4, 0.5) is 5.95 Å². The number of amides is 1. The van der Waals surface area contributed by atoms with Gasteiger partial charge in [0.15, 0.2) is 5.82 Å². The number of rotatable bonds is 3. The quantitative estimate of drug-likeness (QED) is 0.839. The summed E-state index contributed by atoms with van der Waals surface area (Å²) in [6, 6.07) is 1.77. The zero-order valence-electron chi connectivity index (χ0n) is 14.3. The van der Waals surface area contributed by atoms with Crippen LogP contribution < -0.4 is 4.90 Å². The molecule has 4 heterocycles. The highest BCUT2D eigenvalue weighted by atomic mass is 16.5. The van der Waals surface area contributed by atoms with Gasteiger partial charge in [-0.2, -0.15) is 4.98 Å². The molecule has 2 aromatic heterocycles. The molecule has 2 aromatic rings. The number of piperidine rings is 1. The van der Waals surface area contributed by atoms with Crippen molar-refractivity contribution in [3.05, 3.63) is 30.2 Å². The Labute approximate surface area is 146 Å². The summed E-state index contributed by atoms with van der Waals surface area (Å²) >= 11 is 0. The van der Waals surface area contributed by atoms with E-state index in [1.807, 2.05) is 11.0 Å². The Kier molecular flexibility index (Phi) is 4.33. The van der Waals surface area contributed by atoms with Crippen LogP contribution in [0.3, 0.4) is 0 Å². The van der Waals surface area contributed by atoms with Gasteiger partial charge in [-0.25, -0.2) is 9.97 Å². The van der Waals surface area contributed by atoms with Gasteiger partial charge in [-0.15, -0.1) is 0 Å². The summed E-state index contributed by atoms with van der Waals surface area (Å²) in [6.07, 6.45) is 7.04. The van der Waals surface area contributed by atoms with Gasteiger partial charge >= 0.3 is 0 Å². The third-order valence-corrected chi connectivity index (χ3v) is 5.06. The van der Waals surface area contributed by atoms with Crippen LogP contribution >= 0.6 is 0 Å². The van der Waals surface area contributed by atoms with E-state index < -0.39 is 0 Å². The lowest BCUT2D eigenvalue weighted by Gasteiger charge is -2.34. The first-order valence-electron chi connectivity index (χ1n) is 8.85. The fourth-order valence-electron chi connectivity index (χ4n) is 3.76. The molecular weight excluding hydrogens is 320 g/mol. The molecule has 0 saturated carbocycles. The molecule has 1 amide bonds. The Morgan fingerprint density at radius 2 is 1.92 bits per heavy atom. The molecule has 8 heteroatoms. The zero-order chi connectivity index (χ0) is 17.2. The predicted molar refractivity (Wildman–Crippen MR) is 89.7 cm³/mol. The fraction of sp³-hybridized carbons (Fsp3) is 0.588. The number of nitrogens with zero attached hydrogens (tertiary/aromatic N) is 6. The number of aromatic nitrogens is 4. The van der Waals surface area contributed by atoms with Gasteiger partial charge in [-0.3, -0.25) is 4.79 Å². The number of hydrogen-bond donors (Lipinski definition) is 0. The van der Waals surface area contributed by atoms with E-state index in [4.69, 9.17) is 4.52 Å². The first kappa shape index (κ1) is 16.0. The Bertz CT molecular complexity index is 726. The lowest BCUT2D eigenvalue weighted by atomic mass is 9.95. The van der Waals surface area contributed by atoms with Crippen molar-refractivity contribution in [1.82, 2.24) is 25.0 Å². The van der Waals surface area contributed by atoms with Gasteiger partial charge in [0.1, 0.15) is 0 Å². The lowest BCUT2D eigenvalue weighted by Crippen LogP contribution is -2.43. The maximum absolute atomic E-state index is 13.0. The van der Waals surface area contributed by atoms with Crippen molar-refractivity contribution in [2.24, 2.45) is 5.92 Å². The minimum Gasteiger partial charge on any atom is -0.341 e. The number of carbonyl (C=O) groups excluding carboxylic acids is 1. The van der Waals surface area contributed by atoms with Gasteiger partial charge in [0.2, 0.25) is 17.7 Å². The smallest absolute Gasteiger partial charge is 0.226 e. The van der Waals surface area contributed by atoms with Gasteiger partial charge < -0.3 is 14.3 Å². The van der Waals surface area contributed by atoms with Crippen LogP contribution in [0.5, 0.6) is 0 Å². The van der Waals surface area contributed by atoms with E-state index >= 15 is 0 Å². The van der Waals surface area contributed by atoms with Crippen molar-refractivity contribution < 1.29 is 9.32 Å². The van der Waals surface area contributed by atoms with Crippen LogP contribution in [0, 0.1) is 12.8 Å². The van der Waals surface area contributed by atoms with E-state index in [0.29, 0.717) is 11.7 Å². The topological polar surface area (TPSA) is 88.3 Å². The molecule has 2 saturated heterocycles. The molecule has 132 valence electrons. The van der Waals surface area contributed by atoms with Gasteiger partial charge in [0.05, 0.1) is 6.04 Å². The summed E-state index contributed by atoms with van der Waals surface area (Å²) in [5.41, 5.74) is 0. The van der Waals surface area contributed by atoms with Gasteiger partial charge in [-0.05, 0) is 31.7 Å². The molecular formula is C17H22N6O2. The first-order chi connectivity index (χ1) is 12.2. The second-order valence-electron chi connectivity index (χ2n) is 6.67. The molecule has 2 fully saturated rings. The van der Waals surface area contributed by atoms with E-state index in [1.165, 1.54) is 0 Å². The average molecular weight is 342 g/mol. The minimum atomic E-state index is -0.0413. The monoisotopic (exact) mass is 342 g/mol. The largest absolute Gasteiger partial charge is 0.341 e. The molecule has 0 spiro atoms. The summed E-state index contributed by atoms with van der Waals surface area (Å²) in [6.45, 7) is 4.17. The SMILES string of the molecule is Cc1nc([C@H]2CCCN2C(=O)C2CCN(c3ncccn3)CC2)no1. The predicted octanol–water partition coefficient (Wildman–Crippen LogP) is 1.75. The summed E-state index contributed by atoms with van der Waals surface area (Å²) in [5.74, 6) is 2.20. The van der Waals surface area contributed by atoms with Crippen LogP contribution in [0.25, 0.3) is 0 Å². The second-order valence-corrected chi connectivity index (χ2v) is 6.67. The summed E-state index contributed by atoms with van der Waals surface area (Å²) in [5, 5.41) is 4.02.